The first kappa shape index (κ1) is 22.7. The predicted molar refractivity (Wildman–Crippen MR) is 119 cm³/mol. The average Bonchev–Trinajstić information content (AvgIpc) is 2.71. The summed E-state index contributed by atoms with van der Waals surface area (Å²) < 4.78 is 0. The molecule has 0 saturated carbocycles. The van der Waals surface area contributed by atoms with Crippen molar-refractivity contribution < 1.29 is 9.59 Å². The van der Waals surface area contributed by atoms with Gasteiger partial charge in [-0.3, -0.25) is 9.59 Å². The van der Waals surface area contributed by atoms with E-state index in [0.717, 1.165) is 23.1 Å². The highest BCUT2D eigenvalue weighted by atomic mass is 16.2. The number of nitrogens with zero attached hydrogens (tertiary/aromatic N) is 1. The highest BCUT2D eigenvalue weighted by Gasteiger charge is 2.28. The monoisotopic (exact) mass is 394 g/mol. The van der Waals surface area contributed by atoms with E-state index in [1.54, 1.807) is 4.90 Å². The van der Waals surface area contributed by atoms with Gasteiger partial charge in [-0.15, -0.1) is 0 Å². The Bertz CT molecular complexity index is 799. The van der Waals surface area contributed by atoms with Gasteiger partial charge in [0.2, 0.25) is 11.8 Å². The second-order valence-corrected chi connectivity index (χ2v) is 7.71. The van der Waals surface area contributed by atoms with Crippen LogP contribution in [0.4, 0.5) is 0 Å². The normalized spacial score (nSPS) is 11.7. The molecule has 0 aliphatic heterocycles. The molecular formula is C25H34N2O2. The molecule has 29 heavy (non-hydrogen) atoms. The van der Waals surface area contributed by atoms with Gasteiger partial charge in [-0.1, -0.05) is 73.5 Å². The van der Waals surface area contributed by atoms with Crippen LogP contribution >= 0.6 is 0 Å². The van der Waals surface area contributed by atoms with Crippen LogP contribution in [-0.2, 0) is 22.6 Å². The number of rotatable bonds is 10. The molecule has 1 N–H and O–H groups in total. The van der Waals surface area contributed by atoms with Gasteiger partial charge in [-0.05, 0) is 44.2 Å². The summed E-state index contributed by atoms with van der Waals surface area (Å²) in [5.74, 6) is -0.0451. The van der Waals surface area contributed by atoms with Crippen molar-refractivity contribution in [1.82, 2.24) is 10.2 Å². The molecule has 0 radical (unpaired) electrons. The number of aryl methyl sites for hydroxylation is 3. The quantitative estimate of drug-likeness (QED) is 0.642. The van der Waals surface area contributed by atoms with Gasteiger partial charge < -0.3 is 10.2 Å². The standard InChI is InChI=1S/C25H34N2O2/c1-5-16-26-25(29)23(6-2)27(18-22-9-7-8-20(4)17-22)24(28)15-14-21-12-10-19(3)11-13-21/h7-13,17,23H,5-6,14-16,18H2,1-4H3,(H,26,29)/t23-/m0/s1. The number of nitrogens with one attached hydrogen (secondary N) is 1. The lowest BCUT2D eigenvalue weighted by molar-refractivity contribution is -0.141. The van der Waals surface area contributed by atoms with E-state index in [1.807, 2.05) is 39.0 Å². The van der Waals surface area contributed by atoms with Gasteiger partial charge in [0, 0.05) is 19.5 Å². The molecule has 2 rings (SSSR count). The molecular weight excluding hydrogens is 360 g/mol. The van der Waals surface area contributed by atoms with Crippen LogP contribution in [0.15, 0.2) is 48.5 Å². The summed E-state index contributed by atoms with van der Waals surface area (Å²) in [7, 11) is 0. The van der Waals surface area contributed by atoms with Crippen molar-refractivity contribution in [2.75, 3.05) is 6.54 Å². The molecule has 4 heteroatoms. The lowest BCUT2D eigenvalue weighted by Gasteiger charge is -2.31. The number of carbonyl (C=O) groups is 2. The molecule has 2 amide bonds. The molecule has 2 aromatic rings. The van der Waals surface area contributed by atoms with E-state index in [0.29, 0.717) is 32.4 Å². The first-order chi connectivity index (χ1) is 13.9. The summed E-state index contributed by atoms with van der Waals surface area (Å²) in [6.07, 6.45) is 2.54. The minimum absolute atomic E-state index is 0.0191. The number of hydrogen-bond acceptors (Lipinski definition) is 2. The first-order valence-electron chi connectivity index (χ1n) is 10.6. The number of benzene rings is 2. The Hall–Kier alpha value is -2.62. The van der Waals surface area contributed by atoms with Crippen molar-refractivity contribution in [2.24, 2.45) is 0 Å². The van der Waals surface area contributed by atoms with Gasteiger partial charge in [0.1, 0.15) is 6.04 Å². The third-order valence-corrected chi connectivity index (χ3v) is 5.12. The van der Waals surface area contributed by atoms with Gasteiger partial charge >= 0.3 is 0 Å². The van der Waals surface area contributed by atoms with Crippen LogP contribution < -0.4 is 5.32 Å². The number of hydrogen-bond donors (Lipinski definition) is 1. The highest BCUT2D eigenvalue weighted by molar-refractivity contribution is 5.87. The smallest absolute Gasteiger partial charge is 0.242 e. The minimum atomic E-state index is -0.451. The van der Waals surface area contributed by atoms with E-state index in [9.17, 15) is 9.59 Å². The number of carbonyl (C=O) groups excluding carboxylic acids is 2. The predicted octanol–water partition coefficient (Wildman–Crippen LogP) is 4.57. The summed E-state index contributed by atoms with van der Waals surface area (Å²) in [5, 5.41) is 2.96. The van der Waals surface area contributed by atoms with E-state index in [1.165, 1.54) is 5.56 Å². The Morgan fingerprint density at radius 2 is 1.69 bits per heavy atom. The minimum Gasteiger partial charge on any atom is -0.354 e. The maximum Gasteiger partial charge on any atom is 0.242 e. The maximum atomic E-state index is 13.2. The van der Waals surface area contributed by atoms with Crippen molar-refractivity contribution >= 4 is 11.8 Å². The van der Waals surface area contributed by atoms with E-state index < -0.39 is 6.04 Å². The molecule has 156 valence electrons. The lowest BCUT2D eigenvalue weighted by atomic mass is 10.0. The lowest BCUT2D eigenvalue weighted by Crippen LogP contribution is -2.49. The SMILES string of the molecule is CCCNC(=O)[C@H](CC)N(Cc1cccc(C)c1)C(=O)CCc1ccc(C)cc1. The fraction of sp³-hybridized carbons (Fsp3) is 0.440. The Labute approximate surface area is 175 Å². The van der Waals surface area contributed by atoms with E-state index in [-0.39, 0.29) is 11.8 Å². The second-order valence-electron chi connectivity index (χ2n) is 7.71. The molecule has 0 spiro atoms. The van der Waals surface area contributed by atoms with Gasteiger partial charge in [0.15, 0.2) is 0 Å². The molecule has 0 saturated heterocycles. The third-order valence-electron chi connectivity index (χ3n) is 5.12. The van der Waals surface area contributed by atoms with Crippen molar-refractivity contribution in [2.45, 2.75) is 66.0 Å². The van der Waals surface area contributed by atoms with Crippen molar-refractivity contribution in [3.05, 3.63) is 70.8 Å². The second kappa shape index (κ2) is 11.4. The van der Waals surface area contributed by atoms with Crippen molar-refractivity contribution in [1.29, 1.82) is 0 Å². The highest BCUT2D eigenvalue weighted by Crippen LogP contribution is 2.16. The summed E-state index contributed by atoms with van der Waals surface area (Å²) in [6, 6.07) is 16.0. The fourth-order valence-corrected chi connectivity index (χ4v) is 3.44. The zero-order valence-corrected chi connectivity index (χ0v) is 18.2. The zero-order chi connectivity index (χ0) is 21.2. The van der Waals surface area contributed by atoms with Gasteiger partial charge in [-0.2, -0.15) is 0 Å². The Morgan fingerprint density at radius 3 is 2.31 bits per heavy atom. The van der Waals surface area contributed by atoms with Crippen molar-refractivity contribution in [3.63, 3.8) is 0 Å². The van der Waals surface area contributed by atoms with E-state index >= 15 is 0 Å². The summed E-state index contributed by atoms with van der Waals surface area (Å²) in [5.41, 5.74) is 4.55. The largest absolute Gasteiger partial charge is 0.354 e. The molecule has 0 bridgehead atoms. The van der Waals surface area contributed by atoms with Gasteiger partial charge in [0.05, 0.1) is 0 Å². The van der Waals surface area contributed by atoms with Crippen LogP contribution in [0.3, 0.4) is 0 Å². The third kappa shape index (κ3) is 7.04. The number of amides is 2. The molecule has 2 aromatic carbocycles. The van der Waals surface area contributed by atoms with E-state index in [4.69, 9.17) is 0 Å². The molecule has 0 aliphatic rings. The summed E-state index contributed by atoms with van der Waals surface area (Å²) in [6.45, 7) is 9.17. The zero-order valence-electron chi connectivity index (χ0n) is 18.2. The molecule has 0 heterocycles. The van der Waals surface area contributed by atoms with Crippen LogP contribution in [0.25, 0.3) is 0 Å². The summed E-state index contributed by atoms with van der Waals surface area (Å²) in [4.78, 5) is 27.7. The molecule has 0 fully saturated rings. The molecule has 0 aromatic heterocycles. The van der Waals surface area contributed by atoms with Gasteiger partial charge in [-0.25, -0.2) is 0 Å². The fourth-order valence-electron chi connectivity index (χ4n) is 3.44. The maximum absolute atomic E-state index is 13.2. The van der Waals surface area contributed by atoms with Gasteiger partial charge in [0.25, 0.3) is 0 Å². The van der Waals surface area contributed by atoms with E-state index in [2.05, 4.69) is 42.6 Å². The Morgan fingerprint density at radius 1 is 0.966 bits per heavy atom. The van der Waals surface area contributed by atoms with Crippen LogP contribution in [0.5, 0.6) is 0 Å². The molecule has 0 aliphatic carbocycles. The molecule has 4 nitrogen and oxygen atoms in total. The van der Waals surface area contributed by atoms with Crippen LogP contribution in [0.1, 0.15) is 55.4 Å². The Kier molecular flexibility index (Phi) is 8.91. The average molecular weight is 395 g/mol. The van der Waals surface area contributed by atoms with Crippen molar-refractivity contribution in [3.8, 4) is 0 Å². The molecule has 0 unspecified atom stereocenters. The molecule has 1 atom stereocenters. The first-order valence-corrected chi connectivity index (χ1v) is 10.6. The van der Waals surface area contributed by atoms with Crippen LogP contribution in [0, 0.1) is 13.8 Å². The topological polar surface area (TPSA) is 49.4 Å². The van der Waals surface area contributed by atoms with Crippen LogP contribution in [-0.4, -0.2) is 29.3 Å². The summed E-state index contributed by atoms with van der Waals surface area (Å²) >= 11 is 0. The van der Waals surface area contributed by atoms with Crippen LogP contribution in [0.2, 0.25) is 0 Å². The Balaban J connectivity index is 2.17.